The van der Waals surface area contributed by atoms with E-state index < -0.39 is 12.3 Å². The number of aliphatic hydroxyl groups excluding tert-OH is 1. The summed E-state index contributed by atoms with van der Waals surface area (Å²) in [6, 6.07) is -0.591. The van der Waals surface area contributed by atoms with E-state index in [4.69, 9.17) is 15.6 Å². The van der Waals surface area contributed by atoms with E-state index in [2.05, 4.69) is 15.3 Å². The van der Waals surface area contributed by atoms with Crippen molar-refractivity contribution in [3.8, 4) is 0 Å². The van der Waals surface area contributed by atoms with Crippen molar-refractivity contribution in [2.75, 3.05) is 6.61 Å². The minimum absolute atomic E-state index is 0.0437. The Labute approximate surface area is 93.4 Å². The quantitative estimate of drug-likeness (QED) is 0.441. The van der Waals surface area contributed by atoms with Gasteiger partial charge in [0.2, 0.25) is 5.96 Å². The van der Waals surface area contributed by atoms with Crippen molar-refractivity contribution >= 4 is 18.2 Å². The van der Waals surface area contributed by atoms with Crippen molar-refractivity contribution in [1.82, 2.24) is 5.32 Å². The Hall–Kier alpha value is -1.47. The van der Waals surface area contributed by atoms with Crippen molar-refractivity contribution in [3.63, 3.8) is 0 Å². The SMILES string of the molecule is C/C=N\C(N)=N/C(=O)N[C@H]1CC[C@@H](CO)O1. The maximum atomic E-state index is 11.3. The molecular weight excluding hydrogens is 212 g/mol. The second-order valence-corrected chi connectivity index (χ2v) is 3.31. The minimum atomic E-state index is -0.591. The van der Waals surface area contributed by atoms with E-state index in [1.807, 2.05) is 0 Å². The number of urea groups is 1. The molecule has 0 radical (unpaired) electrons. The first kappa shape index (κ1) is 12.6. The van der Waals surface area contributed by atoms with E-state index >= 15 is 0 Å². The molecule has 90 valence electrons. The summed E-state index contributed by atoms with van der Waals surface area (Å²) in [6.07, 6.45) is 2.20. The van der Waals surface area contributed by atoms with Crippen LogP contribution in [0.25, 0.3) is 0 Å². The van der Waals surface area contributed by atoms with Gasteiger partial charge in [-0.25, -0.2) is 9.79 Å². The Morgan fingerprint density at radius 2 is 2.44 bits per heavy atom. The average molecular weight is 228 g/mol. The van der Waals surface area contributed by atoms with E-state index in [0.717, 1.165) is 0 Å². The molecule has 4 N–H and O–H groups in total. The van der Waals surface area contributed by atoms with Crippen molar-refractivity contribution in [1.29, 1.82) is 0 Å². The van der Waals surface area contributed by atoms with Crippen LogP contribution in [0.5, 0.6) is 0 Å². The summed E-state index contributed by atoms with van der Waals surface area (Å²) in [5, 5.41) is 11.3. The van der Waals surface area contributed by atoms with Crippen LogP contribution in [-0.4, -0.2) is 42.3 Å². The molecule has 1 rings (SSSR count). The molecule has 2 atom stereocenters. The first-order valence-electron chi connectivity index (χ1n) is 5.05. The van der Waals surface area contributed by atoms with Crippen molar-refractivity contribution in [3.05, 3.63) is 0 Å². The van der Waals surface area contributed by atoms with Gasteiger partial charge in [0.15, 0.2) is 0 Å². The number of hydrogen-bond donors (Lipinski definition) is 3. The van der Waals surface area contributed by atoms with E-state index in [1.165, 1.54) is 6.21 Å². The molecular formula is C9H16N4O3. The molecule has 1 aliphatic rings. The highest BCUT2D eigenvalue weighted by Crippen LogP contribution is 2.16. The van der Waals surface area contributed by atoms with Gasteiger partial charge in [0.1, 0.15) is 6.23 Å². The zero-order chi connectivity index (χ0) is 12.0. The van der Waals surface area contributed by atoms with Crippen LogP contribution in [0.4, 0.5) is 4.79 Å². The molecule has 0 aromatic carbocycles. The van der Waals surface area contributed by atoms with Gasteiger partial charge in [-0.3, -0.25) is 0 Å². The summed E-state index contributed by atoms with van der Waals surface area (Å²) in [4.78, 5) is 18.4. The smallest absolute Gasteiger partial charge is 0.346 e. The van der Waals surface area contributed by atoms with Crippen molar-refractivity contribution in [2.24, 2.45) is 15.7 Å². The molecule has 1 heterocycles. The summed E-state index contributed by atoms with van der Waals surface area (Å²) in [5.41, 5.74) is 5.32. The third kappa shape index (κ3) is 3.95. The van der Waals surface area contributed by atoms with Gasteiger partial charge < -0.3 is 20.9 Å². The number of aliphatic hydroxyl groups is 1. The fourth-order valence-electron chi connectivity index (χ4n) is 1.38. The molecule has 2 amide bonds. The summed E-state index contributed by atoms with van der Waals surface area (Å²) < 4.78 is 5.29. The number of nitrogens with two attached hydrogens (primary N) is 1. The van der Waals surface area contributed by atoms with Gasteiger partial charge in [-0.1, -0.05) is 0 Å². The number of ether oxygens (including phenoxy) is 1. The Bertz CT molecular complexity index is 303. The van der Waals surface area contributed by atoms with Gasteiger partial charge in [-0.05, 0) is 19.8 Å². The number of guanidine groups is 1. The number of aliphatic imine (C=N–C) groups is 2. The summed E-state index contributed by atoms with van der Waals surface area (Å²) in [7, 11) is 0. The van der Waals surface area contributed by atoms with Gasteiger partial charge in [0.05, 0.1) is 12.7 Å². The molecule has 0 saturated carbocycles. The van der Waals surface area contributed by atoms with Gasteiger partial charge in [-0.15, -0.1) is 0 Å². The number of carbonyl (C=O) groups is 1. The molecule has 0 aromatic heterocycles. The van der Waals surface area contributed by atoms with E-state index in [0.29, 0.717) is 12.8 Å². The molecule has 16 heavy (non-hydrogen) atoms. The van der Waals surface area contributed by atoms with Gasteiger partial charge in [0, 0.05) is 6.21 Å². The molecule has 1 fully saturated rings. The molecule has 1 saturated heterocycles. The molecule has 0 aliphatic carbocycles. The fourth-order valence-corrected chi connectivity index (χ4v) is 1.38. The van der Waals surface area contributed by atoms with Crippen LogP contribution in [0.3, 0.4) is 0 Å². The van der Waals surface area contributed by atoms with E-state index in [-0.39, 0.29) is 18.7 Å². The number of carbonyl (C=O) groups excluding carboxylic acids is 1. The molecule has 1 aliphatic heterocycles. The molecule has 0 aromatic rings. The second kappa shape index (κ2) is 6.19. The minimum Gasteiger partial charge on any atom is -0.394 e. The second-order valence-electron chi connectivity index (χ2n) is 3.31. The lowest BCUT2D eigenvalue weighted by molar-refractivity contribution is 0.00299. The van der Waals surface area contributed by atoms with Gasteiger partial charge >= 0.3 is 6.03 Å². The highest BCUT2D eigenvalue weighted by atomic mass is 16.5. The van der Waals surface area contributed by atoms with Crippen molar-refractivity contribution in [2.45, 2.75) is 32.1 Å². The predicted molar refractivity (Wildman–Crippen MR) is 59.3 cm³/mol. The van der Waals surface area contributed by atoms with Crippen LogP contribution in [0, 0.1) is 0 Å². The number of hydrogen-bond acceptors (Lipinski definition) is 3. The lowest BCUT2D eigenvalue weighted by Gasteiger charge is -2.11. The Balaban J connectivity index is 2.38. The van der Waals surface area contributed by atoms with Crippen LogP contribution in [0.1, 0.15) is 19.8 Å². The number of amides is 2. The Morgan fingerprint density at radius 3 is 3.00 bits per heavy atom. The molecule has 7 heteroatoms. The monoisotopic (exact) mass is 228 g/mol. The van der Waals surface area contributed by atoms with E-state index in [1.54, 1.807) is 6.92 Å². The average Bonchev–Trinajstić information content (AvgIpc) is 2.65. The maximum Gasteiger partial charge on any atom is 0.346 e. The largest absolute Gasteiger partial charge is 0.394 e. The van der Waals surface area contributed by atoms with Crippen LogP contribution >= 0.6 is 0 Å². The molecule has 0 unspecified atom stereocenters. The van der Waals surface area contributed by atoms with Gasteiger partial charge in [-0.2, -0.15) is 4.99 Å². The number of nitrogens with zero attached hydrogens (tertiary/aromatic N) is 2. The standard InChI is InChI=1S/C9H16N4O3/c1-2-11-8(10)13-9(15)12-7-4-3-6(5-14)16-7/h2,6-7,14H,3-5H2,1H3,(H3,10,12,13,15)/b11-2-/t6-,7+/m0/s1. The third-order valence-electron chi connectivity index (χ3n) is 2.07. The van der Waals surface area contributed by atoms with E-state index in [9.17, 15) is 4.79 Å². The zero-order valence-electron chi connectivity index (χ0n) is 9.09. The normalized spacial score (nSPS) is 26.2. The molecule has 0 spiro atoms. The summed E-state index contributed by atoms with van der Waals surface area (Å²) in [5.74, 6) is -0.100. The lowest BCUT2D eigenvalue weighted by atomic mass is 10.2. The van der Waals surface area contributed by atoms with Crippen molar-refractivity contribution < 1.29 is 14.6 Å². The van der Waals surface area contributed by atoms with Crippen LogP contribution in [0.15, 0.2) is 9.98 Å². The highest BCUT2D eigenvalue weighted by molar-refractivity contribution is 5.94. The predicted octanol–water partition coefficient (Wildman–Crippen LogP) is -0.401. The zero-order valence-corrected chi connectivity index (χ0v) is 9.09. The Kier molecular flexibility index (Phi) is 4.87. The van der Waals surface area contributed by atoms with Crippen LogP contribution in [-0.2, 0) is 4.74 Å². The Morgan fingerprint density at radius 1 is 1.69 bits per heavy atom. The number of rotatable bonds is 2. The third-order valence-corrected chi connectivity index (χ3v) is 2.07. The van der Waals surface area contributed by atoms with Crippen LogP contribution < -0.4 is 11.1 Å². The first-order valence-corrected chi connectivity index (χ1v) is 5.05. The van der Waals surface area contributed by atoms with Crippen LogP contribution in [0.2, 0.25) is 0 Å². The maximum absolute atomic E-state index is 11.3. The lowest BCUT2D eigenvalue weighted by Crippen LogP contribution is -2.34. The molecule has 0 bridgehead atoms. The number of nitrogens with one attached hydrogen (secondary N) is 1. The first-order chi connectivity index (χ1) is 7.65. The summed E-state index contributed by atoms with van der Waals surface area (Å²) in [6.45, 7) is 1.63. The fraction of sp³-hybridized carbons (Fsp3) is 0.667. The highest BCUT2D eigenvalue weighted by Gasteiger charge is 2.25. The summed E-state index contributed by atoms with van der Waals surface area (Å²) >= 11 is 0. The van der Waals surface area contributed by atoms with Gasteiger partial charge in [0.25, 0.3) is 0 Å². The molecule has 7 nitrogen and oxygen atoms in total. The topological polar surface area (TPSA) is 109 Å².